The molecule has 2 nitrogen and oxygen atoms in total. The summed E-state index contributed by atoms with van der Waals surface area (Å²) in [6.45, 7) is 2.02. The number of hydrogen-bond donors (Lipinski definition) is 1. The predicted molar refractivity (Wildman–Crippen MR) is 74.2 cm³/mol. The van der Waals surface area contributed by atoms with Crippen molar-refractivity contribution in [3.05, 3.63) is 59.2 Å². The van der Waals surface area contributed by atoms with Crippen LogP contribution in [0.15, 0.2) is 53.6 Å². The molecule has 2 rings (SSSR count). The van der Waals surface area contributed by atoms with Crippen LogP contribution in [0.1, 0.15) is 25.3 Å². The van der Waals surface area contributed by atoms with Gasteiger partial charge in [-0.3, -0.25) is 4.79 Å². The van der Waals surface area contributed by atoms with Gasteiger partial charge in [-0.25, -0.2) is 0 Å². The number of nitrogens with two attached hydrogens (primary N) is 1. The predicted octanol–water partition coefficient (Wildman–Crippen LogP) is 2.79. The number of Topliss-reactive ketones (excluding diaryl/α,β-unsaturated/α-hetero) is 1. The Morgan fingerprint density at radius 3 is 2.72 bits per heavy atom. The van der Waals surface area contributed by atoms with Gasteiger partial charge in [0.15, 0.2) is 5.78 Å². The van der Waals surface area contributed by atoms with Crippen molar-refractivity contribution in [2.45, 2.75) is 32.2 Å². The molecule has 0 heterocycles. The van der Waals surface area contributed by atoms with Crippen LogP contribution in [0.5, 0.6) is 0 Å². The fourth-order valence-electron chi connectivity index (χ4n) is 2.23. The summed E-state index contributed by atoms with van der Waals surface area (Å²) in [6, 6.07) is 9.47. The van der Waals surface area contributed by atoms with Crippen LogP contribution in [0.2, 0.25) is 0 Å². The molecule has 2 N–H and O–H groups in total. The quantitative estimate of drug-likeness (QED) is 0.880. The molecule has 2 heteroatoms. The van der Waals surface area contributed by atoms with E-state index in [1.165, 1.54) is 0 Å². The molecule has 0 saturated carbocycles. The molecule has 0 spiro atoms. The minimum Gasteiger partial charge on any atom is -0.321 e. The van der Waals surface area contributed by atoms with Gasteiger partial charge in [0.2, 0.25) is 0 Å². The summed E-state index contributed by atoms with van der Waals surface area (Å²) in [4.78, 5) is 12.3. The highest BCUT2D eigenvalue weighted by molar-refractivity contribution is 6.02. The third-order valence-electron chi connectivity index (χ3n) is 3.33. The van der Waals surface area contributed by atoms with Crippen LogP contribution in [0.4, 0.5) is 0 Å². The molecule has 1 aliphatic rings. The second-order valence-corrected chi connectivity index (χ2v) is 4.80. The molecule has 0 radical (unpaired) electrons. The van der Waals surface area contributed by atoms with Crippen LogP contribution < -0.4 is 5.73 Å². The molecular formula is C16H19NO. The van der Waals surface area contributed by atoms with E-state index in [0.717, 1.165) is 29.6 Å². The van der Waals surface area contributed by atoms with Crippen molar-refractivity contribution in [2.24, 2.45) is 5.73 Å². The minimum absolute atomic E-state index is 0.0623. The molecule has 0 unspecified atom stereocenters. The number of rotatable bonds is 4. The van der Waals surface area contributed by atoms with E-state index in [4.69, 9.17) is 5.73 Å². The van der Waals surface area contributed by atoms with Gasteiger partial charge in [-0.15, -0.1) is 0 Å². The Labute approximate surface area is 108 Å². The summed E-state index contributed by atoms with van der Waals surface area (Å²) in [5, 5.41) is 0. The second-order valence-electron chi connectivity index (χ2n) is 4.80. The van der Waals surface area contributed by atoms with Crippen molar-refractivity contribution in [1.29, 1.82) is 0 Å². The van der Waals surface area contributed by atoms with Crippen LogP contribution in [-0.2, 0) is 11.2 Å². The lowest BCUT2D eigenvalue weighted by Crippen LogP contribution is -2.34. The Morgan fingerprint density at radius 2 is 2.06 bits per heavy atom. The van der Waals surface area contributed by atoms with Gasteiger partial charge < -0.3 is 5.73 Å². The molecule has 0 aromatic heterocycles. The van der Waals surface area contributed by atoms with Crippen LogP contribution in [0.25, 0.3) is 0 Å². The normalized spacial score (nSPS) is 16.8. The van der Waals surface area contributed by atoms with Crippen molar-refractivity contribution in [1.82, 2.24) is 0 Å². The van der Waals surface area contributed by atoms with Crippen molar-refractivity contribution >= 4 is 5.78 Å². The molecule has 0 fully saturated rings. The lowest BCUT2D eigenvalue weighted by atomic mass is 9.91. The Kier molecular flexibility index (Phi) is 4.11. The van der Waals surface area contributed by atoms with Gasteiger partial charge in [-0.05, 0) is 31.7 Å². The van der Waals surface area contributed by atoms with E-state index >= 15 is 0 Å². The fraction of sp³-hybridized carbons (Fsp3) is 0.312. The molecule has 1 aromatic rings. The zero-order chi connectivity index (χ0) is 13.0. The summed E-state index contributed by atoms with van der Waals surface area (Å²) < 4.78 is 0. The van der Waals surface area contributed by atoms with Gasteiger partial charge in [0.05, 0.1) is 6.04 Å². The molecule has 1 aliphatic carbocycles. The first-order chi connectivity index (χ1) is 8.68. The van der Waals surface area contributed by atoms with Gasteiger partial charge in [0.25, 0.3) is 0 Å². The Balaban J connectivity index is 2.08. The third kappa shape index (κ3) is 2.96. The monoisotopic (exact) mass is 241 g/mol. The van der Waals surface area contributed by atoms with Crippen LogP contribution in [0.3, 0.4) is 0 Å². The lowest BCUT2D eigenvalue weighted by molar-refractivity contribution is -0.116. The minimum atomic E-state index is -0.444. The molecule has 18 heavy (non-hydrogen) atoms. The first-order valence-corrected chi connectivity index (χ1v) is 6.38. The summed E-state index contributed by atoms with van der Waals surface area (Å²) in [6.07, 6.45) is 6.57. The maximum absolute atomic E-state index is 12.3. The first kappa shape index (κ1) is 12.8. The molecule has 0 amide bonds. The summed E-state index contributed by atoms with van der Waals surface area (Å²) in [5.74, 6) is 0.0623. The number of carbonyl (C=O) groups excluding carboxylic acids is 1. The summed E-state index contributed by atoms with van der Waals surface area (Å²) in [7, 11) is 0. The molecule has 1 atom stereocenters. The fourth-order valence-corrected chi connectivity index (χ4v) is 2.23. The lowest BCUT2D eigenvalue weighted by Gasteiger charge is -2.16. The number of hydrogen-bond acceptors (Lipinski definition) is 2. The number of allylic oxidation sites excluding steroid dienone is 3. The SMILES string of the molecule is CC1=C(C(=O)[C@@H](N)Cc2ccccc2)C=CCC1. The standard InChI is InChI=1S/C16H19NO/c1-12-7-5-6-10-14(12)16(18)15(17)11-13-8-3-2-4-9-13/h2-4,6,8-10,15H,5,7,11,17H2,1H3/t15-/m0/s1. The van der Waals surface area contributed by atoms with E-state index in [1.807, 2.05) is 43.3 Å². The van der Waals surface area contributed by atoms with E-state index in [-0.39, 0.29) is 5.78 Å². The zero-order valence-electron chi connectivity index (χ0n) is 10.7. The van der Waals surface area contributed by atoms with E-state index in [2.05, 4.69) is 6.08 Å². The highest BCUT2D eigenvalue weighted by atomic mass is 16.1. The van der Waals surface area contributed by atoms with E-state index in [0.29, 0.717) is 6.42 Å². The molecule has 0 aliphatic heterocycles. The van der Waals surface area contributed by atoms with Crippen molar-refractivity contribution in [3.63, 3.8) is 0 Å². The van der Waals surface area contributed by atoms with Gasteiger partial charge >= 0.3 is 0 Å². The summed E-state index contributed by atoms with van der Waals surface area (Å²) in [5.41, 5.74) is 9.10. The van der Waals surface area contributed by atoms with Crippen LogP contribution in [-0.4, -0.2) is 11.8 Å². The van der Waals surface area contributed by atoms with Crippen molar-refractivity contribution in [3.8, 4) is 0 Å². The maximum Gasteiger partial charge on any atom is 0.179 e. The number of ketones is 1. The smallest absolute Gasteiger partial charge is 0.179 e. The molecule has 1 aromatic carbocycles. The second kappa shape index (κ2) is 5.78. The Bertz CT molecular complexity index is 485. The number of carbonyl (C=O) groups is 1. The average molecular weight is 241 g/mol. The summed E-state index contributed by atoms with van der Waals surface area (Å²) >= 11 is 0. The largest absolute Gasteiger partial charge is 0.321 e. The molecule has 0 bridgehead atoms. The van der Waals surface area contributed by atoms with Crippen LogP contribution >= 0.6 is 0 Å². The van der Waals surface area contributed by atoms with E-state index < -0.39 is 6.04 Å². The average Bonchev–Trinajstić information content (AvgIpc) is 2.39. The van der Waals surface area contributed by atoms with Crippen molar-refractivity contribution < 1.29 is 4.79 Å². The third-order valence-corrected chi connectivity index (χ3v) is 3.33. The van der Waals surface area contributed by atoms with Gasteiger partial charge in [-0.1, -0.05) is 48.1 Å². The van der Waals surface area contributed by atoms with E-state index in [1.54, 1.807) is 0 Å². The highest BCUT2D eigenvalue weighted by Crippen LogP contribution is 2.20. The van der Waals surface area contributed by atoms with E-state index in [9.17, 15) is 4.79 Å². The molecule has 94 valence electrons. The highest BCUT2D eigenvalue weighted by Gasteiger charge is 2.19. The first-order valence-electron chi connectivity index (χ1n) is 6.38. The topological polar surface area (TPSA) is 43.1 Å². The molecule has 0 saturated heterocycles. The van der Waals surface area contributed by atoms with Crippen molar-refractivity contribution in [2.75, 3.05) is 0 Å². The Morgan fingerprint density at radius 1 is 1.33 bits per heavy atom. The van der Waals surface area contributed by atoms with Gasteiger partial charge in [-0.2, -0.15) is 0 Å². The zero-order valence-corrected chi connectivity index (χ0v) is 10.7. The van der Waals surface area contributed by atoms with Crippen LogP contribution in [0, 0.1) is 0 Å². The molecular weight excluding hydrogens is 222 g/mol. The van der Waals surface area contributed by atoms with Gasteiger partial charge in [0, 0.05) is 5.57 Å². The Hall–Kier alpha value is -1.67. The maximum atomic E-state index is 12.3. The van der Waals surface area contributed by atoms with Gasteiger partial charge in [0.1, 0.15) is 0 Å². The number of benzene rings is 1.